The molecular formula is C23H31NO3. The van der Waals surface area contributed by atoms with Gasteiger partial charge in [0.1, 0.15) is 6.10 Å². The molecule has 1 aliphatic carbocycles. The number of nitrogens with one attached hydrogen (secondary N) is 1. The van der Waals surface area contributed by atoms with Gasteiger partial charge < -0.3 is 20.3 Å². The van der Waals surface area contributed by atoms with Gasteiger partial charge in [0.05, 0.1) is 18.8 Å². The molecule has 3 rings (SSSR count). The van der Waals surface area contributed by atoms with Crippen molar-refractivity contribution in [1.29, 1.82) is 0 Å². The third-order valence-corrected chi connectivity index (χ3v) is 5.37. The molecule has 0 spiro atoms. The van der Waals surface area contributed by atoms with Crippen LogP contribution in [0, 0.1) is 6.92 Å². The van der Waals surface area contributed by atoms with E-state index in [1.165, 1.54) is 5.56 Å². The normalized spacial score (nSPS) is 22.3. The van der Waals surface area contributed by atoms with Crippen LogP contribution in [0.25, 0.3) is 0 Å². The maximum atomic E-state index is 10.4. The monoisotopic (exact) mass is 369 g/mol. The summed E-state index contributed by atoms with van der Waals surface area (Å²) in [6.45, 7) is 2.87. The van der Waals surface area contributed by atoms with E-state index in [1.54, 1.807) is 0 Å². The molecule has 0 heterocycles. The molecule has 1 saturated carbocycles. The van der Waals surface area contributed by atoms with Crippen LogP contribution in [-0.4, -0.2) is 41.6 Å². The summed E-state index contributed by atoms with van der Waals surface area (Å²) in [6, 6.07) is 18.8. The Labute approximate surface area is 162 Å². The predicted octanol–water partition coefficient (Wildman–Crippen LogP) is 3.36. The molecule has 3 N–H and O–H groups in total. The standard InChI is InChI=1S/C23H31NO3/c1-17-7-5-6-10-22(17)23(18-8-3-2-4-9-18)27-16-21(26)15-24-19-11-13-20(25)14-12-19/h2-10,19-21,23-26H,11-16H2,1H3/t19?,20?,21-,23-/m0/s1. The Morgan fingerprint density at radius 1 is 1.00 bits per heavy atom. The Morgan fingerprint density at radius 2 is 1.67 bits per heavy atom. The van der Waals surface area contributed by atoms with Crippen LogP contribution in [0.3, 0.4) is 0 Å². The Morgan fingerprint density at radius 3 is 2.37 bits per heavy atom. The first-order valence-electron chi connectivity index (χ1n) is 9.95. The van der Waals surface area contributed by atoms with Crippen LogP contribution in [0.5, 0.6) is 0 Å². The highest BCUT2D eigenvalue weighted by atomic mass is 16.5. The van der Waals surface area contributed by atoms with Crippen LogP contribution in [0.4, 0.5) is 0 Å². The molecule has 0 aromatic heterocycles. The zero-order valence-electron chi connectivity index (χ0n) is 16.1. The lowest BCUT2D eigenvalue weighted by atomic mass is 9.93. The second-order valence-corrected chi connectivity index (χ2v) is 7.55. The number of aliphatic hydroxyl groups is 2. The predicted molar refractivity (Wildman–Crippen MR) is 108 cm³/mol. The summed E-state index contributed by atoms with van der Waals surface area (Å²) in [7, 11) is 0. The molecule has 0 amide bonds. The van der Waals surface area contributed by atoms with Crippen LogP contribution in [0.2, 0.25) is 0 Å². The molecule has 2 atom stereocenters. The number of hydrogen-bond acceptors (Lipinski definition) is 4. The average Bonchev–Trinajstić information content (AvgIpc) is 2.70. The third kappa shape index (κ3) is 5.88. The third-order valence-electron chi connectivity index (χ3n) is 5.37. The minimum Gasteiger partial charge on any atom is -0.393 e. The van der Waals surface area contributed by atoms with E-state index in [0.717, 1.165) is 36.8 Å². The fourth-order valence-corrected chi connectivity index (χ4v) is 3.72. The minimum absolute atomic E-state index is 0.156. The Kier molecular flexibility index (Phi) is 7.41. The van der Waals surface area contributed by atoms with Gasteiger partial charge >= 0.3 is 0 Å². The smallest absolute Gasteiger partial charge is 0.108 e. The van der Waals surface area contributed by atoms with Gasteiger partial charge in [0.2, 0.25) is 0 Å². The van der Waals surface area contributed by atoms with Crippen molar-refractivity contribution in [1.82, 2.24) is 5.32 Å². The fourth-order valence-electron chi connectivity index (χ4n) is 3.72. The molecule has 2 aromatic carbocycles. The molecule has 4 heteroatoms. The highest BCUT2D eigenvalue weighted by Gasteiger charge is 2.21. The number of aliphatic hydroxyl groups excluding tert-OH is 2. The summed E-state index contributed by atoms with van der Waals surface area (Å²) in [5.74, 6) is 0. The first kappa shape index (κ1) is 20.0. The van der Waals surface area contributed by atoms with Gasteiger partial charge in [-0.1, -0.05) is 54.6 Å². The van der Waals surface area contributed by atoms with E-state index in [9.17, 15) is 10.2 Å². The van der Waals surface area contributed by atoms with Crippen molar-refractivity contribution in [2.45, 2.75) is 57.0 Å². The molecule has 0 aliphatic heterocycles. The highest BCUT2D eigenvalue weighted by molar-refractivity contribution is 5.35. The molecule has 0 unspecified atom stereocenters. The van der Waals surface area contributed by atoms with E-state index < -0.39 is 6.10 Å². The largest absolute Gasteiger partial charge is 0.393 e. The van der Waals surface area contributed by atoms with Gasteiger partial charge in [0.25, 0.3) is 0 Å². The van der Waals surface area contributed by atoms with E-state index in [2.05, 4.69) is 36.5 Å². The van der Waals surface area contributed by atoms with Gasteiger partial charge in [-0.2, -0.15) is 0 Å². The first-order valence-corrected chi connectivity index (χ1v) is 9.95. The van der Waals surface area contributed by atoms with Crippen molar-refractivity contribution in [2.24, 2.45) is 0 Å². The van der Waals surface area contributed by atoms with Crippen molar-refractivity contribution in [3.05, 3.63) is 71.3 Å². The lowest BCUT2D eigenvalue weighted by Crippen LogP contribution is -2.40. The molecule has 1 aliphatic rings. The fraction of sp³-hybridized carbons (Fsp3) is 0.478. The lowest BCUT2D eigenvalue weighted by molar-refractivity contribution is 0.00427. The lowest BCUT2D eigenvalue weighted by Gasteiger charge is -2.28. The molecule has 27 heavy (non-hydrogen) atoms. The first-order chi connectivity index (χ1) is 13.1. The average molecular weight is 370 g/mol. The van der Waals surface area contributed by atoms with E-state index in [4.69, 9.17) is 4.74 Å². The molecule has 0 saturated heterocycles. The van der Waals surface area contributed by atoms with Crippen molar-refractivity contribution < 1.29 is 14.9 Å². The van der Waals surface area contributed by atoms with Crippen molar-refractivity contribution in [3.63, 3.8) is 0 Å². The Bertz CT molecular complexity index is 683. The summed E-state index contributed by atoms with van der Waals surface area (Å²) in [5.41, 5.74) is 3.40. The molecule has 146 valence electrons. The molecule has 2 aromatic rings. The number of ether oxygens (including phenoxy) is 1. The molecule has 0 radical (unpaired) electrons. The Hall–Kier alpha value is -1.72. The maximum Gasteiger partial charge on any atom is 0.108 e. The van der Waals surface area contributed by atoms with Crippen LogP contribution in [-0.2, 0) is 4.74 Å². The molecule has 1 fully saturated rings. The van der Waals surface area contributed by atoms with Crippen LogP contribution in [0.15, 0.2) is 54.6 Å². The van der Waals surface area contributed by atoms with Gasteiger partial charge in [-0.3, -0.25) is 0 Å². The van der Waals surface area contributed by atoms with Crippen LogP contribution in [0.1, 0.15) is 48.5 Å². The van der Waals surface area contributed by atoms with Gasteiger partial charge in [0, 0.05) is 12.6 Å². The van der Waals surface area contributed by atoms with Gasteiger partial charge in [-0.25, -0.2) is 0 Å². The molecular weight excluding hydrogens is 338 g/mol. The number of hydrogen-bond donors (Lipinski definition) is 3. The van der Waals surface area contributed by atoms with Crippen molar-refractivity contribution in [3.8, 4) is 0 Å². The number of rotatable bonds is 8. The summed E-state index contributed by atoms with van der Waals surface area (Å²) in [4.78, 5) is 0. The summed E-state index contributed by atoms with van der Waals surface area (Å²) < 4.78 is 6.18. The van der Waals surface area contributed by atoms with E-state index >= 15 is 0 Å². The van der Waals surface area contributed by atoms with Crippen molar-refractivity contribution >= 4 is 0 Å². The minimum atomic E-state index is -0.563. The van der Waals surface area contributed by atoms with E-state index in [-0.39, 0.29) is 18.8 Å². The summed E-state index contributed by atoms with van der Waals surface area (Å²) >= 11 is 0. The van der Waals surface area contributed by atoms with Crippen molar-refractivity contribution in [2.75, 3.05) is 13.2 Å². The summed E-state index contributed by atoms with van der Waals surface area (Å²) in [5, 5.41) is 23.4. The second-order valence-electron chi connectivity index (χ2n) is 7.55. The van der Waals surface area contributed by atoms with E-state index in [1.807, 2.05) is 30.3 Å². The van der Waals surface area contributed by atoms with Gasteiger partial charge in [0.15, 0.2) is 0 Å². The van der Waals surface area contributed by atoms with Gasteiger partial charge in [-0.05, 0) is 49.3 Å². The summed E-state index contributed by atoms with van der Waals surface area (Å²) in [6.07, 6.45) is 2.70. The number of aryl methyl sites for hydroxylation is 1. The van der Waals surface area contributed by atoms with Crippen LogP contribution >= 0.6 is 0 Å². The number of benzene rings is 2. The SMILES string of the molecule is Cc1ccccc1[C@@H](OC[C@@H](O)CNC1CCC(O)CC1)c1ccccc1. The maximum absolute atomic E-state index is 10.4. The quantitative estimate of drug-likeness (QED) is 0.668. The second kappa shape index (κ2) is 10.00. The topological polar surface area (TPSA) is 61.7 Å². The Balaban J connectivity index is 1.57. The van der Waals surface area contributed by atoms with Gasteiger partial charge in [-0.15, -0.1) is 0 Å². The van der Waals surface area contributed by atoms with Crippen LogP contribution < -0.4 is 5.32 Å². The molecule has 4 nitrogen and oxygen atoms in total. The van der Waals surface area contributed by atoms with E-state index in [0.29, 0.717) is 12.6 Å². The zero-order valence-corrected chi connectivity index (χ0v) is 16.1. The zero-order chi connectivity index (χ0) is 19.1. The highest BCUT2D eigenvalue weighted by Crippen LogP contribution is 2.28. The molecule has 0 bridgehead atoms.